The fraction of sp³-hybridized carbons (Fsp3) is 0.167. The van der Waals surface area contributed by atoms with Crippen LogP contribution in [0, 0.1) is 6.92 Å². The third-order valence-electron chi connectivity index (χ3n) is 2.59. The van der Waals surface area contributed by atoms with Crippen LogP contribution >= 0.6 is 0 Å². The number of nitrogens with two attached hydrogens (primary N) is 1. The van der Waals surface area contributed by atoms with E-state index in [1.807, 2.05) is 6.92 Å². The summed E-state index contributed by atoms with van der Waals surface area (Å²) in [4.78, 5) is 12.1. The molecular weight excluding hydrogens is 230 g/mol. The molecule has 6 heteroatoms. The second-order valence-electron chi connectivity index (χ2n) is 3.95. The van der Waals surface area contributed by atoms with Crippen LogP contribution in [0.15, 0.2) is 30.5 Å². The molecule has 6 nitrogen and oxygen atoms in total. The Labute approximate surface area is 105 Å². The van der Waals surface area contributed by atoms with E-state index in [2.05, 4.69) is 15.8 Å². The molecule has 2 aromatic rings. The Morgan fingerprint density at radius 1 is 1.33 bits per heavy atom. The van der Waals surface area contributed by atoms with E-state index in [1.165, 1.54) is 0 Å². The number of benzene rings is 1. The summed E-state index contributed by atoms with van der Waals surface area (Å²) in [5, 5.41) is 6.97. The molecule has 0 saturated heterocycles. The van der Waals surface area contributed by atoms with Crippen molar-refractivity contribution in [3.63, 3.8) is 0 Å². The summed E-state index contributed by atoms with van der Waals surface area (Å²) in [5.74, 6) is 5.15. The fourth-order valence-electron chi connectivity index (χ4n) is 1.72. The number of hydrogen-bond donors (Lipinski definition) is 3. The van der Waals surface area contributed by atoms with Crippen molar-refractivity contribution in [2.75, 3.05) is 10.7 Å². The number of aryl methyl sites for hydroxylation is 2. The molecule has 0 aliphatic rings. The quantitative estimate of drug-likeness (QED) is 0.561. The Morgan fingerprint density at radius 3 is 2.67 bits per heavy atom. The van der Waals surface area contributed by atoms with E-state index in [1.54, 1.807) is 42.2 Å². The van der Waals surface area contributed by atoms with Gasteiger partial charge in [0.1, 0.15) is 0 Å². The molecule has 1 aromatic heterocycles. The highest BCUT2D eigenvalue weighted by Crippen LogP contribution is 2.17. The topological polar surface area (TPSA) is 85.0 Å². The van der Waals surface area contributed by atoms with Crippen molar-refractivity contribution in [3.8, 4) is 0 Å². The Kier molecular flexibility index (Phi) is 3.29. The molecular formula is C12H15N5O. The van der Waals surface area contributed by atoms with Gasteiger partial charge in [0.25, 0.3) is 5.91 Å². The lowest BCUT2D eigenvalue weighted by molar-refractivity contribution is 0.102. The predicted octanol–water partition coefficient (Wildman–Crippen LogP) is 1.27. The second kappa shape index (κ2) is 4.89. The molecule has 0 radical (unpaired) electrons. The van der Waals surface area contributed by atoms with Crippen LogP contribution in [0.2, 0.25) is 0 Å². The number of rotatable bonds is 3. The molecule has 0 aliphatic carbocycles. The highest BCUT2D eigenvalue weighted by Gasteiger charge is 2.12. The standard InChI is InChI=1S/C12H15N5O/c1-8-11(7-17(2)16-8)14-12(18)9-5-3-4-6-10(9)15-13/h3-7,15H,13H2,1-2H3,(H,14,18). The van der Waals surface area contributed by atoms with Gasteiger partial charge in [0.15, 0.2) is 0 Å². The smallest absolute Gasteiger partial charge is 0.257 e. The highest BCUT2D eigenvalue weighted by atomic mass is 16.1. The Balaban J connectivity index is 2.24. The SMILES string of the molecule is Cc1nn(C)cc1NC(=O)c1ccccc1NN. The van der Waals surface area contributed by atoms with E-state index in [0.717, 1.165) is 5.69 Å². The van der Waals surface area contributed by atoms with Gasteiger partial charge in [-0.25, -0.2) is 0 Å². The normalized spacial score (nSPS) is 10.2. The van der Waals surface area contributed by atoms with Crippen molar-refractivity contribution >= 4 is 17.3 Å². The van der Waals surface area contributed by atoms with Crippen LogP contribution in [-0.4, -0.2) is 15.7 Å². The molecule has 0 atom stereocenters. The number of para-hydroxylation sites is 1. The first-order valence-electron chi connectivity index (χ1n) is 5.49. The summed E-state index contributed by atoms with van der Waals surface area (Å²) in [5.41, 5.74) is 5.03. The van der Waals surface area contributed by atoms with Crippen LogP contribution in [0.3, 0.4) is 0 Å². The average Bonchev–Trinajstić information content (AvgIpc) is 2.67. The van der Waals surface area contributed by atoms with Crippen molar-refractivity contribution in [1.29, 1.82) is 0 Å². The number of carbonyl (C=O) groups excluding carboxylic acids is 1. The van der Waals surface area contributed by atoms with E-state index < -0.39 is 0 Å². The molecule has 0 unspecified atom stereocenters. The third-order valence-corrected chi connectivity index (χ3v) is 2.59. The largest absolute Gasteiger partial charge is 0.323 e. The van der Waals surface area contributed by atoms with Gasteiger partial charge < -0.3 is 10.7 Å². The maximum absolute atomic E-state index is 12.1. The van der Waals surface area contributed by atoms with Crippen LogP contribution < -0.4 is 16.6 Å². The molecule has 1 heterocycles. The minimum Gasteiger partial charge on any atom is -0.323 e. The first-order valence-corrected chi connectivity index (χ1v) is 5.49. The molecule has 0 aliphatic heterocycles. The van der Waals surface area contributed by atoms with Crippen molar-refractivity contribution in [1.82, 2.24) is 9.78 Å². The van der Waals surface area contributed by atoms with E-state index in [-0.39, 0.29) is 5.91 Å². The zero-order valence-corrected chi connectivity index (χ0v) is 10.3. The summed E-state index contributed by atoms with van der Waals surface area (Å²) in [6.07, 6.45) is 1.76. The van der Waals surface area contributed by atoms with Crippen molar-refractivity contribution < 1.29 is 4.79 Å². The Morgan fingerprint density at radius 2 is 2.06 bits per heavy atom. The lowest BCUT2D eigenvalue weighted by Crippen LogP contribution is -2.17. The van der Waals surface area contributed by atoms with Crippen molar-refractivity contribution in [2.24, 2.45) is 12.9 Å². The molecule has 0 fully saturated rings. The zero-order chi connectivity index (χ0) is 13.1. The second-order valence-corrected chi connectivity index (χ2v) is 3.95. The van der Waals surface area contributed by atoms with Gasteiger partial charge in [0, 0.05) is 13.2 Å². The molecule has 94 valence electrons. The zero-order valence-electron chi connectivity index (χ0n) is 10.3. The van der Waals surface area contributed by atoms with Crippen LogP contribution in [0.1, 0.15) is 16.1 Å². The van der Waals surface area contributed by atoms with Gasteiger partial charge in [-0.3, -0.25) is 15.3 Å². The maximum atomic E-state index is 12.1. The minimum atomic E-state index is -0.223. The average molecular weight is 245 g/mol. The molecule has 0 spiro atoms. The summed E-state index contributed by atoms with van der Waals surface area (Å²) >= 11 is 0. The summed E-state index contributed by atoms with van der Waals surface area (Å²) in [6.45, 7) is 1.84. The fourth-order valence-corrected chi connectivity index (χ4v) is 1.72. The van der Waals surface area contributed by atoms with Crippen molar-refractivity contribution in [2.45, 2.75) is 6.92 Å². The van der Waals surface area contributed by atoms with E-state index >= 15 is 0 Å². The molecule has 1 aromatic carbocycles. The van der Waals surface area contributed by atoms with Gasteiger partial charge in [-0.05, 0) is 19.1 Å². The van der Waals surface area contributed by atoms with Gasteiger partial charge >= 0.3 is 0 Å². The Bertz CT molecular complexity index is 576. The van der Waals surface area contributed by atoms with E-state index in [4.69, 9.17) is 5.84 Å². The summed E-state index contributed by atoms with van der Waals surface area (Å²) < 4.78 is 1.65. The number of hydrazine groups is 1. The monoisotopic (exact) mass is 245 g/mol. The molecule has 18 heavy (non-hydrogen) atoms. The summed E-state index contributed by atoms with van der Waals surface area (Å²) in [7, 11) is 1.80. The number of nitrogens with zero attached hydrogens (tertiary/aromatic N) is 2. The number of hydrogen-bond acceptors (Lipinski definition) is 4. The van der Waals surface area contributed by atoms with Crippen LogP contribution in [-0.2, 0) is 7.05 Å². The predicted molar refractivity (Wildman–Crippen MR) is 70.2 cm³/mol. The maximum Gasteiger partial charge on any atom is 0.257 e. The van der Waals surface area contributed by atoms with Gasteiger partial charge in [-0.2, -0.15) is 5.10 Å². The molecule has 0 bridgehead atoms. The van der Waals surface area contributed by atoms with Gasteiger partial charge in [0.2, 0.25) is 0 Å². The number of nitrogens with one attached hydrogen (secondary N) is 2. The van der Waals surface area contributed by atoms with E-state index in [9.17, 15) is 4.79 Å². The van der Waals surface area contributed by atoms with Gasteiger partial charge in [-0.1, -0.05) is 12.1 Å². The number of aromatic nitrogens is 2. The number of anilines is 2. The lowest BCUT2D eigenvalue weighted by atomic mass is 10.1. The number of amides is 1. The number of nitrogen functional groups attached to an aromatic ring is 1. The molecule has 0 saturated carbocycles. The molecule has 2 rings (SSSR count). The van der Waals surface area contributed by atoms with Crippen molar-refractivity contribution in [3.05, 3.63) is 41.7 Å². The first kappa shape index (κ1) is 12.1. The van der Waals surface area contributed by atoms with Gasteiger partial charge in [-0.15, -0.1) is 0 Å². The van der Waals surface area contributed by atoms with Crippen LogP contribution in [0.4, 0.5) is 11.4 Å². The third kappa shape index (κ3) is 2.33. The number of carbonyl (C=O) groups is 1. The molecule has 4 N–H and O–H groups in total. The Hall–Kier alpha value is -2.34. The minimum absolute atomic E-state index is 0.223. The first-order chi connectivity index (χ1) is 8.61. The van der Waals surface area contributed by atoms with Gasteiger partial charge in [0.05, 0.1) is 22.6 Å². The van der Waals surface area contributed by atoms with Crippen LogP contribution in [0.5, 0.6) is 0 Å². The molecule has 1 amide bonds. The van der Waals surface area contributed by atoms with Crippen LogP contribution in [0.25, 0.3) is 0 Å². The highest BCUT2D eigenvalue weighted by molar-refractivity contribution is 6.08. The lowest BCUT2D eigenvalue weighted by Gasteiger charge is -2.08. The summed E-state index contributed by atoms with van der Waals surface area (Å²) in [6, 6.07) is 7.04. The van der Waals surface area contributed by atoms with E-state index in [0.29, 0.717) is 16.9 Å².